The summed E-state index contributed by atoms with van der Waals surface area (Å²) < 4.78 is 6.04. The first-order chi connectivity index (χ1) is 8.45. The molecule has 1 saturated heterocycles. The highest BCUT2D eigenvalue weighted by molar-refractivity contribution is 5.90. The first kappa shape index (κ1) is 12.8. The number of hydrogen-bond acceptors (Lipinski definition) is 6. The van der Waals surface area contributed by atoms with Gasteiger partial charge in [-0.05, 0) is 0 Å². The van der Waals surface area contributed by atoms with Crippen LogP contribution in [0.1, 0.15) is 16.7 Å². The van der Waals surface area contributed by atoms with E-state index in [9.17, 15) is 19.8 Å². The smallest absolute Gasteiger partial charge is 0.328 e. The van der Waals surface area contributed by atoms with Gasteiger partial charge >= 0.3 is 5.69 Å². The van der Waals surface area contributed by atoms with Gasteiger partial charge in [-0.15, -0.1) is 0 Å². The average molecular weight is 259 g/mol. The van der Waals surface area contributed by atoms with Crippen LogP contribution in [0.3, 0.4) is 0 Å². The van der Waals surface area contributed by atoms with Crippen LogP contribution in [0.25, 0.3) is 0 Å². The molecule has 1 aliphatic heterocycles. The molecule has 18 heavy (non-hydrogen) atoms. The minimum Gasteiger partial charge on any atom is -0.394 e. The lowest BCUT2D eigenvalue weighted by molar-refractivity contribution is -0.0542. The van der Waals surface area contributed by atoms with Crippen molar-refractivity contribution in [3.63, 3.8) is 0 Å². The van der Waals surface area contributed by atoms with Crippen molar-refractivity contribution in [2.45, 2.75) is 24.5 Å². The van der Waals surface area contributed by atoms with Crippen LogP contribution in [0, 0.1) is 0 Å². The number of amides is 1. The van der Waals surface area contributed by atoms with E-state index in [0.29, 0.717) is 0 Å². The van der Waals surface area contributed by atoms with E-state index in [1.807, 2.05) is 0 Å². The standard InChI is InChI=1S/C9H13N3O6/c10-7(16)3-1-12(9(17)11-3)8-6(15)5(14)4(2-13)18-8/h1,4-6,8,13-15H,2H2,(H2,10,16)(H,11,17)/t4-,5-,6-,8-/m1/s1. The Balaban J connectivity index is 2.32. The fourth-order valence-electron chi connectivity index (χ4n) is 1.83. The zero-order chi connectivity index (χ0) is 13.4. The van der Waals surface area contributed by atoms with Crippen molar-refractivity contribution in [2.24, 2.45) is 5.73 Å². The first-order valence-electron chi connectivity index (χ1n) is 5.19. The largest absolute Gasteiger partial charge is 0.394 e. The molecular formula is C9H13N3O6. The second-order valence-corrected chi connectivity index (χ2v) is 3.97. The van der Waals surface area contributed by atoms with E-state index in [0.717, 1.165) is 10.8 Å². The van der Waals surface area contributed by atoms with Gasteiger partial charge in [0.1, 0.15) is 24.0 Å². The van der Waals surface area contributed by atoms with Crippen LogP contribution >= 0.6 is 0 Å². The lowest BCUT2D eigenvalue weighted by Gasteiger charge is -2.14. The van der Waals surface area contributed by atoms with Gasteiger partial charge in [-0.25, -0.2) is 4.79 Å². The van der Waals surface area contributed by atoms with Gasteiger partial charge in [-0.2, -0.15) is 0 Å². The number of carbonyl (C=O) groups excluding carboxylic acids is 1. The van der Waals surface area contributed by atoms with Gasteiger partial charge in [-0.1, -0.05) is 0 Å². The van der Waals surface area contributed by atoms with Crippen LogP contribution in [0.2, 0.25) is 0 Å². The molecule has 0 spiro atoms. The highest BCUT2D eigenvalue weighted by Gasteiger charge is 2.44. The van der Waals surface area contributed by atoms with Crippen molar-refractivity contribution in [2.75, 3.05) is 6.61 Å². The van der Waals surface area contributed by atoms with E-state index in [1.54, 1.807) is 0 Å². The molecule has 1 aliphatic rings. The van der Waals surface area contributed by atoms with Crippen molar-refractivity contribution < 1.29 is 24.9 Å². The molecule has 9 nitrogen and oxygen atoms in total. The fourth-order valence-corrected chi connectivity index (χ4v) is 1.83. The minimum atomic E-state index is -1.39. The molecule has 1 fully saturated rings. The third-order valence-electron chi connectivity index (χ3n) is 2.80. The number of nitrogens with zero attached hydrogens (tertiary/aromatic N) is 1. The van der Waals surface area contributed by atoms with Gasteiger partial charge in [0.05, 0.1) is 6.61 Å². The Morgan fingerprint density at radius 2 is 2.17 bits per heavy atom. The molecule has 1 amide bonds. The van der Waals surface area contributed by atoms with Crippen LogP contribution in [0.5, 0.6) is 0 Å². The molecular weight excluding hydrogens is 246 g/mol. The number of nitrogens with two attached hydrogens (primary N) is 1. The van der Waals surface area contributed by atoms with Crippen LogP contribution in [0.4, 0.5) is 0 Å². The van der Waals surface area contributed by atoms with Crippen LogP contribution in [0.15, 0.2) is 11.0 Å². The van der Waals surface area contributed by atoms with E-state index < -0.39 is 42.7 Å². The van der Waals surface area contributed by atoms with Crippen molar-refractivity contribution in [1.29, 1.82) is 0 Å². The predicted octanol–water partition coefficient (Wildman–Crippen LogP) is -3.11. The van der Waals surface area contributed by atoms with Crippen molar-refractivity contribution in [3.8, 4) is 0 Å². The number of aromatic amines is 1. The van der Waals surface area contributed by atoms with Gasteiger partial charge in [0.25, 0.3) is 5.91 Å². The zero-order valence-corrected chi connectivity index (χ0v) is 9.18. The Morgan fingerprint density at radius 3 is 2.61 bits per heavy atom. The second-order valence-electron chi connectivity index (χ2n) is 3.97. The van der Waals surface area contributed by atoms with Crippen molar-refractivity contribution >= 4 is 5.91 Å². The summed E-state index contributed by atoms with van der Waals surface area (Å²) in [6.07, 6.45) is -3.81. The number of H-pyrrole nitrogens is 1. The highest BCUT2D eigenvalue weighted by Crippen LogP contribution is 2.28. The molecule has 0 aromatic carbocycles. The maximum absolute atomic E-state index is 11.5. The number of primary amides is 1. The third kappa shape index (κ3) is 1.93. The lowest BCUT2D eigenvalue weighted by atomic mass is 10.1. The normalized spacial score (nSPS) is 31.7. The van der Waals surface area contributed by atoms with Crippen molar-refractivity contribution in [3.05, 3.63) is 22.4 Å². The molecule has 0 bridgehead atoms. The van der Waals surface area contributed by atoms with Crippen LogP contribution < -0.4 is 11.4 Å². The summed E-state index contributed by atoms with van der Waals surface area (Å²) in [5, 5.41) is 28.2. The van der Waals surface area contributed by atoms with Gasteiger partial charge in [0.2, 0.25) is 0 Å². The third-order valence-corrected chi connectivity index (χ3v) is 2.80. The molecule has 9 heteroatoms. The number of aliphatic hydroxyl groups is 3. The number of imidazole rings is 1. The van der Waals surface area contributed by atoms with Crippen LogP contribution in [-0.4, -0.2) is 55.7 Å². The number of hydrogen-bond donors (Lipinski definition) is 5. The van der Waals surface area contributed by atoms with Gasteiger partial charge in [-0.3, -0.25) is 9.36 Å². The predicted molar refractivity (Wildman–Crippen MR) is 56.6 cm³/mol. The number of ether oxygens (including phenoxy) is 1. The summed E-state index contributed by atoms with van der Waals surface area (Å²) >= 11 is 0. The van der Waals surface area contributed by atoms with Gasteiger partial charge in [0, 0.05) is 6.20 Å². The molecule has 2 rings (SSSR count). The molecule has 0 radical (unpaired) electrons. The van der Waals surface area contributed by atoms with Gasteiger partial charge in [0.15, 0.2) is 6.23 Å². The average Bonchev–Trinajstić information content (AvgIpc) is 2.83. The zero-order valence-electron chi connectivity index (χ0n) is 9.18. The highest BCUT2D eigenvalue weighted by atomic mass is 16.6. The Morgan fingerprint density at radius 1 is 1.50 bits per heavy atom. The lowest BCUT2D eigenvalue weighted by Crippen LogP contribution is -2.34. The summed E-state index contributed by atoms with van der Waals surface area (Å²) in [5.41, 5.74) is 4.14. The van der Waals surface area contributed by atoms with Crippen molar-refractivity contribution in [1.82, 2.24) is 9.55 Å². The number of aliphatic hydroxyl groups excluding tert-OH is 3. The molecule has 0 aliphatic carbocycles. The molecule has 6 N–H and O–H groups in total. The Bertz CT molecular complexity index is 509. The van der Waals surface area contributed by atoms with E-state index >= 15 is 0 Å². The molecule has 100 valence electrons. The van der Waals surface area contributed by atoms with E-state index in [2.05, 4.69) is 4.98 Å². The number of rotatable bonds is 3. The van der Waals surface area contributed by atoms with Crippen LogP contribution in [-0.2, 0) is 4.74 Å². The molecule has 4 atom stereocenters. The summed E-state index contributed by atoms with van der Waals surface area (Å²) in [4.78, 5) is 24.6. The maximum atomic E-state index is 11.5. The second kappa shape index (κ2) is 4.53. The Labute approximate surface area is 100 Å². The van der Waals surface area contributed by atoms with E-state index in [4.69, 9.17) is 15.6 Å². The number of carbonyl (C=O) groups is 1. The van der Waals surface area contributed by atoms with E-state index in [1.165, 1.54) is 0 Å². The quantitative estimate of drug-likeness (QED) is 0.387. The Kier molecular flexibility index (Phi) is 3.22. The fraction of sp³-hybridized carbons (Fsp3) is 0.556. The molecule has 1 aromatic rings. The number of aromatic nitrogens is 2. The molecule has 0 unspecified atom stereocenters. The maximum Gasteiger partial charge on any atom is 0.328 e. The number of nitrogens with one attached hydrogen (secondary N) is 1. The monoisotopic (exact) mass is 259 g/mol. The summed E-state index contributed by atoms with van der Waals surface area (Å²) in [5.74, 6) is -0.836. The first-order valence-corrected chi connectivity index (χ1v) is 5.19. The van der Waals surface area contributed by atoms with Gasteiger partial charge < -0.3 is 30.8 Å². The summed E-state index contributed by atoms with van der Waals surface area (Å²) in [6.45, 7) is -0.503. The minimum absolute atomic E-state index is 0.141. The SMILES string of the molecule is NC(=O)c1cn([C@@H]2O[C@H](CO)[C@@H](O)[C@H]2O)c(=O)[nH]1. The Hall–Kier alpha value is -1.68. The summed E-state index contributed by atoms with van der Waals surface area (Å²) in [7, 11) is 0. The van der Waals surface area contributed by atoms with E-state index in [-0.39, 0.29) is 5.69 Å². The molecule has 1 aromatic heterocycles. The topological polar surface area (TPSA) is 151 Å². The molecule has 0 saturated carbocycles. The summed E-state index contributed by atoms with van der Waals surface area (Å²) in [6, 6.07) is 0. The molecule has 2 heterocycles.